The molecule has 2 aromatic rings. The van der Waals surface area contributed by atoms with Gasteiger partial charge in [0.2, 0.25) is 0 Å². The molecule has 0 aliphatic carbocycles. The van der Waals surface area contributed by atoms with Crippen LogP contribution in [-0.2, 0) is 0 Å². The van der Waals surface area contributed by atoms with Gasteiger partial charge in [0, 0.05) is 17.3 Å². The van der Waals surface area contributed by atoms with Crippen molar-refractivity contribution in [3.8, 4) is 0 Å². The Bertz CT molecular complexity index is 479. The predicted molar refractivity (Wildman–Crippen MR) is 65.9 cm³/mol. The van der Waals surface area contributed by atoms with E-state index in [0.29, 0.717) is 11.1 Å². The first-order chi connectivity index (χ1) is 7.81. The smallest absolute Gasteiger partial charge is 0.194 e. The van der Waals surface area contributed by atoms with Crippen LogP contribution in [0.3, 0.4) is 0 Å². The third-order valence-electron chi connectivity index (χ3n) is 2.24. The van der Waals surface area contributed by atoms with Crippen molar-refractivity contribution in [3.63, 3.8) is 0 Å². The molecule has 1 aromatic heterocycles. The molecule has 2 rings (SSSR count). The Kier molecular flexibility index (Phi) is 3.37. The van der Waals surface area contributed by atoms with Crippen LogP contribution in [-0.4, -0.2) is 17.0 Å². The minimum atomic E-state index is 0.0146. The molecule has 16 heavy (non-hydrogen) atoms. The maximum atomic E-state index is 12.0. The van der Waals surface area contributed by atoms with Gasteiger partial charge in [-0.2, -0.15) is 0 Å². The van der Waals surface area contributed by atoms with Gasteiger partial charge < -0.3 is 0 Å². The van der Waals surface area contributed by atoms with E-state index < -0.39 is 0 Å². The molecule has 0 spiro atoms. The quantitative estimate of drug-likeness (QED) is 0.598. The van der Waals surface area contributed by atoms with Crippen LogP contribution in [0.15, 0.2) is 53.7 Å². The van der Waals surface area contributed by atoms with Crippen LogP contribution in [0.4, 0.5) is 0 Å². The second kappa shape index (κ2) is 4.94. The molecule has 0 saturated heterocycles. The molecular formula is C13H11NOS. The Hall–Kier alpha value is -1.61. The highest BCUT2D eigenvalue weighted by Gasteiger charge is 2.08. The Morgan fingerprint density at radius 3 is 2.38 bits per heavy atom. The normalized spacial score (nSPS) is 10.1. The van der Waals surface area contributed by atoms with Crippen molar-refractivity contribution < 1.29 is 4.79 Å². The first-order valence-electron chi connectivity index (χ1n) is 4.91. The number of pyridine rings is 1. The molecule has 0 fully saturated rings. The number of ketones is 1. The zero-order chi connectivity index (χ0) is 11.4. The Morgan fingerprint density at radius 1 is 1.06 bits per heavy atom. The summed E-state index contributed by atoms with van der Waals surface area (Å²) < 4.78 is 0. The lowest BCUT2D eigenvalue weighted by Crippen LogP contribution is -2.01. The molecule has 0 N–H and O–H groups in total. The van der Waals surface area contributed by atoms with E-state index in [2.05, 4.69) is 4.98 Å². The number of nitrogens with zero attached hydrogens (tertiary/aromatic N) is 1. The standard InChI is InChI=1S/C13H11NOS/c1-16-12-8-7-11(9-14-12)13(15)10-5-3-2-4-6-10/h2-9H,1H3. The topological polar surface area (TPSA) is 30.0 Å². The monoisotopic (exact) mass is 229 g/mol. The minimum absolute atomic E-state index is 0.0146. The fourth-order valence-corrected chi connectivity index (χ4v) is 1.75. The van der Waals surface area contributed by atoms with Gasteiger partial charge in [0.25, 0.3) is 0 Å². The van der Waals surface area contributed by atoms with Crippen LogP contribution in [0.5, 0.6) is 0 Å². The first kappa shape index (κ1) is 10.9. The Morgan fingerprint density at radius 2 is 1.81 bits per heavy atom. The fraction of sp³-hybridized carbons (Fsp3) is 0.0769. The van der Waals surface area contributed by atoms with E-state index in [1.54, 1.807) is 18.0 Å². The summed E-state index contributed by atoms with van der Waals surface area (Å²) in [7, 11) is 0. The van der Waals surface area contributed by atoms with Crippen molar-refractivity contribution in [2.45, 2.75) is 5.03 Å². The largest absolute Gasteiger partial charge is 0.289 e. The number of hydrogen-bond donors (Lipinski definition) is 0. The maximum Gasteiger partial charge on any atom is 0.194 e. The van der Waals surface area contributed by atoms with Crippen LogP contribution < -0.4 is 0 Å². The summed E-state index contributed by atoms with van der Waals surface area (Å²) in [5.74, 6) is 0.0146. The molecule has 1 heterocycles. The van der Waals surface area contributed by atoms with Gasteiger partial charge in [-0.3, -0.25) is 4.79 Å². The Labute approximate surface area is 98.7 Å². The number of hydrogen-bond acceptors (Lipinski definition) is 3. The highest BCUT2D eigenvalue weighted by Crippen LogP contribution is 2.13. The molecule has 0 saturated carbocycles. The average molecular weight is 229 g/mol. The summed E-state index contributed by atoms with van der Waals surface area (Å²) in [6, 6.07) is 12.9. The SMILES string of the molecule is CSc1ccc(C(=O)c2ccccc2)cn1. The zero-order valence-corrected chi connectivity index (χ0v) is 9.70. The van der Waals surface area contributed by atoms with E-state index in [-0.39, 0.29) is 5.78 Å². The van der Waals surface area contributed by atoms with Crippen LogP contribution in [0.1, 0.15) is 15.9 Å². The molecule has 0 amide bonds. The molecular weight excluding hydrogens is 218 g/mol. The molecule has 0 atom stereocenters. The number of thioether (sulfide) groups is 1. The van der Waals surface area contributed by atoms with Crippen LogP contribution in [0, 0.1) is 0 Å². The van der Waals surface area contributed by atoms with Crippen molar-refractivity contribution in [3.05, 3.63) is 59.8 Å². The second-order valence-electron chi connectivity index (χ2n) is 3.28. The summed E-state index contributed by atoms with van der Waals surface area (Å²) in [4.78, 5) is 16.2. The first-order valence-corrected chi connectivity index (χ1v) is 6.13. The van der Waals surface area contributed by atoms with Gasteiger partial charge in [0.15, 0.2) is 5.78 Å². The molecule has 0 aliphatic heterocycles. The van der Waals surface area contributed by atoms with Crippen molar-refractivity contribution in [1.29, 1.82) is 0 Å². The molecule has 0 bridgehead atoms. The van der Waals surface area contributed by atoms with Crippen molar-refractivity contribution >= 4 is 17.5 Å². The number of aromatic nitrogens is 1. The average Bonchev–Trinajstić information content (AvgIpc) is 2.39. The number of rotatable bonds is 3. The van der Waals surface area contributed by atoms with E-state index in [1.807, 2.05) is 48.7 Å². The second-order valence-corrected chi connectivity index (χ2v) is 4.11. The van der Waals surface area contributed by atoms with E-state index in [0.717, 1.165) is 5.03 Å². The molecule has 2 nitrogen and oxygen atoms in total. The summed E-state index contributed by atoms with van der Waals surface area (Å²) in [5.41, 5.74) is 1.32. The zero-order valence-electron chi connectivity index (χ0n) is 8.88. The van der Waals surface area contributed by atoms with Crippen molar-refractivity contribution in [2.75, 3.05) is 6.26 Å². The summed E-state index contributed by atoms with van der Waals surface area (Å²) >= 11 is 1.56. The van der Waals surface area contributed by atoms with E-state index in [1.165, 1.54) is 0 Å². The van der Waals surface area contributed by atoms with Gasteiger partial charge in [-0.1, -0.05) is 30.3 Å². The van der Waals surface area contributed by atoms with Gasteiger partial charge in [-0.05, 0) is 18.4 Å². The highest BCUT2D eigenvalue weighted by molar-refractivity contribution is 7.98. The van der Waals surface area contributed by atoms with Crippen LogP contribution >= 0.6 is 11.8 Å². The van der Waals surface area contributed by atoms with Crippen LogP contribution in [0.25, 0.3) is 0 Å². The minimum Gasteiger partial charge on any atom is -0.289 e. The number of carbonyl (C=O) groups excluding carboxylic acids is 1. The van der Waals surface area contributed by atoms with Crippen molar-refractivity contribution in [1.82, 2.24) is 4.98 Å². The maximum absolute atomic E-state index is 12.0. The third kappa shape index (κ3) is 2.31. The van der Waals surface area contributed by atoms with E-state index in [4.69, 9.17) is 0 Å². The molecule has 3 heteroatoms. The van der Waals surface area contributed by atoms with Crippen LogP contribution in [0.2, 0.25) is 0 Å². The Balaban J connectivity index is 2.28. The van der Waals surface area contributed by atoms with Gasteiger partial charge in [-0.15, -0.1) is 11.8 Å². The van der Waals surface area contributed by atoms with E-state index >= 15 is 0 Å². The van der Waals surface area contributed by atoms with Gasteiger partial charge >= 0.3 is 0 Å². The van der Waals surface area contributed by atoms with Gasteiger partial charge in [-0.25, -0.2) is 4.98 Å². The number of carbonyl (C=O) groups is 1. The number of benzene rings is 1. The molecule has 0 aliphatic rings. The third-order valence-corrected chi connectivity index (χ3v) is 2.90. The lowest BCUT2D eigenvalue weighted by Gasteiger charge is -2.01. The highest BCUT2D eigenvalue weighted by atomic mass is 32.2. The van der Waals surface area contributed by atoms with Gasteiger partial charge in [0.05, 0.1) is 5.03 Å². The summed E-state index contributed by atoms with van der Waals surface area (Å²) in [5, 5.41) is 0.921. The lowest BCUT2D eigenvalue weighted by atomic mass is 10.1. The predicted octanol–water partition coefficient (Wildman–Crippen LogP) is 3.03. The summed E-state index contributed by atoms with van der Waals surface area (Å²) in [6.45, 7) is 0. The summed E-state index contributed by atoms with van der Waals surface area (Å²) in [6.07, 6.45) is 3.59. The molecule has 0 unspecified atom stereocenters. The lowest BCUT2D eigenvalue weighted by molar-refractivity contribution is 0.103. The molecule has 80 valence electrons. The van der Waals surface area contributed by atoms with Gasteiger partial charge in [0.1, 0.15) is 0 Å². The fourth-order valence-electron chi connectivity index (χ4n) is 1.39. The molecule has 0 radical (unpaired) electrons. The molecule has 1 aromatic carbocycles. The van der Waals surface area contributed by atoms with Crippen molar-refractivity contribution in [2.24, 2.45) is 0 Å². The van der Waals surface area contributed by atoms with E-state index in [9.17, 15) is 4.79 Å².